The number of ether oxygens (including phenoxy) is 3. The summed E-state index contributed by atoms with van der Waals surface area (Å²) in [7, 11) is 0. The minimum absolute atomic E-state index is 0.0424. The number of nitrogens with zero attached hydrogens (tertiary/aromatic N) is 1. The first-order valence-corrected chi connectivity index (χ1v) is 8.16. The summed E-state index contributed by atoms with van der Waals surface area (Å²) in [6.45, 7) is 0.743. The quantitative estimate of drug-likeness (QED) is 0.850. The molecule has 0 unspecified atom stereocenters. The van der Waals surface area contributed by atoms with E-state index < -0.39 is 6.29 Å². The second-order valence-electron chi connectivity index (χ2n) is 6.41. The number of hydrogen-bond acceptors (Lipinski definition) is 6. The first-order chi connectivity index (χ1) is 10.8. The third kappa shape index (κ3) is 2.83. The maximum atomic E-state index is 11.7. The lowest BCUT2D eigenvalue weighted by molar-refractivity contribution is -0.168. The fourth-order valence-electron chi connectivity index (χ4n) is 3.55. The van der Waals surface area contributed by atoms with E-state index in [9.17, 15) is 4.79 Å². The van der Waals surface area contributed by atoms with Crippen LogP contribution in [0.5, 0.6) is 0 Å². The Hall–Kier alpha value is -1.24. The van der Waals surface area contributed by atoms with Gasteiger partial charge >= 0.3 is 0 Å². The van der Waals surface area contributed by atoms with Gasteiger partial charge in [-0.25, -0.2) is 0 Å². The zero-order chi connectivity index (χ0) is 14.9. The van der Waals surface area contributed by atoms with E-state index in [4.69, 9.17) is 18.7 Å². The van der Waals surface area contributed by atoms with Crippen molar-refractivity contribution in [1.29, 1.82) is 0 Å². The van der Waals surface area contributed by atoms with Crippen molar-refractivity contribution in [2.45, 2.75) is 69.5 Å². The lowest BCUT2D eigenvalue weighted by atomic mass is 9.87. The summed E-state index contributed by atoms with van der Waals surface area (Å²) in [6, 6.07) is 2.00. The fourth-order valence-corrected chi connectivity index (χ4v) is 3.55. The Morgan fingerprint density at radius 2 is 2.14 bits per heavy atom. The standard InChI is InChI=1S/C16H21NO5/c18-13-7-14(15-9-20-16(13)21-15)19-8-11-6-12(17-22-11)10-4-2-1-3-5-10/h6,10,14-16H,1-5,7-9H2/t14-,15+,16+/m0/s1. The largest absolute Gasteiger partial charge is 0.367 e. The molecule has 22 heavy (non-hydrogen) atoms. The van der Waals surface area contributed by atoms with Gasteiger partial charge in [0, 0.05) is 18.4 Å². The Morgan fingerprint density at radius 3 is 3.00 bits per heavy atom. The highest BCUT2D eigenvalue weighted by molar-refractivity contribution is 5.83. The predicted octanol–water partition coefficient (Wildman–Crippen LogP) is 2.32. The second-order valence-corrected chi connectivity index (χ2v) is 6.41. The van der Waals surface area contributed by atoms with Gasteiger partial charge < -0.3 is 18.7 Å². The Kier molecular flexibility index (Phi) is 3.98. The van der Waals surface area contributed by atoms with Crippen molar-refractivity contribution >= 4 is 5.78 Å². The summed E-state index contributed by atoms with van der Waals surface area (Å²) >= 11 is 0. The molecule has 0 spiro atoms. The van der Waals surface area contributed by atoms with Crippen LogP contribution in [-0.2, 0) is 25.6 Å². The predicted molar refractivity (Wildman–Crippen MR) is 75.1 cm³/mol. The van der Waals surface area contributed by atoms with Gasteiger partial charge in [0.1, 0.15) is 12.7 Å². The highest BCUT2D eigenvalue weighted by Gasteiger charge is 2.43. The molecule has 2 aliphatic heterocycles. The summed E-state index contributed by atoms with van der Waals surface area (Å²) in [5.74, 6) is 1.20. The van der Waals surface area contributed by atoms with E-state index in [0.29, 0.717) is 31.3 Å². The molecule has 0 aromatic carbocycles. The lowest BCUT2D eigenvalue weighted by Gasteiger charge is -2.25. The van der Waals surface area contributed by atoms with Crippen LogP contribution < -0.4 is 0 Å². The van der Waals surface area contributed by atoms with Gasteiger partial charge in [-0.15, -0.1) is 0 Å². The van der Waals surface area contributed by atoms with Gasteiger partial charge in [-0.05, 0) is 12.8 Å². The van der Waals surface area contributed by atoms with Gasteiger partial charge in [0.25, 0.3) is 0 Å². The van der Waals surface area contributed by atoms with E-state index >= 15 is 0 Å². The highest BCUT2D eigenvalue weighted by Crippen LogP contribution is 2.32. The lowest BCUT2D eigenvalue weighted by Crippen LogP contribution is -2.40. The molecule has 3 aliphatic rings. The zero-order valence-corrected chi connectivity index (χ0v) is 12.5. The van der Waals surface area contributed by atoms with E-state index in [1.807, 2.05) is 6.07 Å². The van der Waals surface area contributed by atoms with Crippen molar-refractivity contribution in [2.24, 2.45) is 0 Å². The average molecular weight is 307 g/mol. The molecule has 3 heterocycles. The zero-order valence-electron chi connectivity index (χ0n) is 12.5. The summed E-state index contributed by atoms with van der Waals surface area (Å²) in [4.78, 5) is 11.7. The van der Waals surface area contributed by atoms with Crippen molar-refractivity contribution in [2.75, 3.05) is 6.61 Å². The number of fused-ring (bicyclic) bond motifs is 2. The maximum Gasteiger partial charge on any atom is 0.218 e. The molecular weight excluding hydrogens is 286 g/mol. The van der Waals surface area contributed by atoms with Crippen molar-refractivity contribution < 1.29 is 23.5 Å². The third-order valence-electron chi connectivity index (χ3n) is 4.83. The number of carbonyl (C=O) groups excluding carboxylic acids is 1. The van der Waals surface area contributed by atoms with Crippen molar-refractivity contribution in [3.05, 3.63) is 17.5 Å². The van der Waals surface area contributed by atoms with Crippen LogP contribution >= 0.6 is 0 Å². The number of Topliss-reactive ketones (excluding diaryl/α,β-unsaturated/α-hetero) is 1. The number of hydrogen-bond donors (Lipinski definition) is 0. The average Bonchev–Trinajstić information content (AvgIpc) is 3.19. The molecule has 3 fully saturated rings. The van der Waals surface area contributed by atoms with E-state index in [2.05, 4.69) is 5.16 Å². The molecule has 6 heteroatoms. The molecule has 2 bridgehead atoms. The molecule has 3 atom stereocenters. The summed E-state index contributed by atoms with van der Waals surface area (Å²) in [5.41, 5.74) is 1.04. The maximum absolute atomic E-state index is 11.7. The number of ketones is 1. The molecule has 1 aromatic rings. The van der Waals surface area contributed by atoms with Crippen LogP contribution in [0.25, 0.3) is 0 Å². The first kappa shape index (κ1) is 14.4. The van der Waals surface area contributed by atoms with Gasteiger partial charge in [-0.2, -0.15) is 0 Å². The van der Waals surface area contributed by atoms with Crippen molar-refractivity contribution in [3.63, 3.8) is 0 Å². The Labute approximate surface area is 129 Å². The minimum atomic E-state index is -0.673. The minimum Gasteiger partial charge on any atom is -0.367 e. The molecule has 0 amide bonds. The van der Waals surface area contributed by atoms with Crippen LogP contribution in [0, 0.1) is 0 Å². The van der Waals surface area contributed by atoms with Crippen LogP contribution in [0.2, 0.25) is 0 Å². The Morgan fingerprint density at radius 1 is 1.27 bits per heavy atom. The SMILES string of the molecule is O=C1C[C@H](OCc2cc(C3CCCCC3)no2)[C@H]2CO[C@@H]1O2. The van der Waals surface area contributed by atoms with Gasteiger partial charge in [0.2, 0.25) is 6.29 Å². The van der Waals surface area contributed by atoms with E-state index in [0.717, 1.165) is 5.69 Å². The van der Waals surface area contributed by atoms with Crippen LogP contribution in [0.3, 0.4) is 0 Å². The van der Waals surface area contributed by atoms with Crippen LogP contribution in [-0.4, -0.2) is 36.0 Å². The molecule has 120 valence electrons. The smallest absolute Gasteiger partial charge is 0.218 e. The second kappa shape index (κ2) is 6.10. The van der Waals surface area contributed by atoms with Gasteiger partial charge in [-0.3, -0.25) is 4.79 Å². The topological polar surface area (TPSA) is 70.8 Å². The fraction of sp³-hybridized carbons (Fsp3) is 0.750. The first-order valence-electron chi connectivity index (χ1n) is 8.16. The van der Waals surface area contributed by atoms with Crippen molar-refractivity contribution in [1.82, 2.24) is 5.16 Å². The van der Waals surface area contributed by atoms with Gasteiger partial charge in [0.05, 0.1) is 18.4 Å². The number of carbonyl (C=O) groups is 1. The molecule has 6 nitrogen and oxygen atoms in total. The Bertz CT molecular complexity index is 536. The summed E-state index contributed by atoms with van der Waals surface area (Å²) in [6.07, 6.45) is 5.52. The normalized spacial score (nSPS) is 32.5. The van der Waals surface area contributed by atoms with Crippen LogP contribution in [0.4, 0.5) is 0 Å². The molecular formula is C16H21NO5. The Balaban J connectivity index is 1.34. The number of aromatic nitrogens is 1. The van der Waals surface area contributed by atoms with Crippen molar-refractivity contribution in [3.8, 4) is 0 Å². The van der Waals surface area contributed by atoms with E-state index in [1.54, 1.807) is 0 Å². The highest BCUT2D eigenvalue weighted by atomic mass is 16.7. The molecule has 1 saturated carbocycles. The molecule has 2 saturated heterocycles. The van der Waals surface area contributed by atoms with Gasteiger partial charge in [0.15, 0.2) is 11.5 Å². The monoisotopic (exact) mass is 307 g/mol. The van der Waals surface area contributed by atoms with Crippen LogP contribution in [0.15, 0.2) is 10.6 Å². The number of rotatable bonds is 4. The molecule has 4 rings (SSSR count). The van der Waals surface area contributed by atoms with Gasteiger partial charge in [-0.1, -0.05) is 24.4 Å². The molecule has 0 radical (unpaired) electrons. The van der Waals surface area contributed by atoms with Crippen LogP contribution in [0.1, 0.15) is 55.9 Å². The third-order valence-corrected chi connectivity index (χ3v) is 4.83. The summed E-state index contributed by atoms with van der Waals surface area (Å²) < 4.78 is 21.9. The molecule has 0 N–H and O–H groups in total. The van der Waals surface area contributed by atoms with E-state index in [-0.39, 0.29) is 18.0 Å². The van der Waals surface area contributed by atoms with E-state index in [1.165, 1.54) is 32.1 Å². The summed E-state index contributed by atoms with van der Waals surface area (Å²) in [5, 5.41) is 4.19. The molecule has 1 aliphatic carbocycles. The molecule has 1 aromatic heterocycles.